The average Bonchev–Trinajstić information content (AvgIpc) is 3.64. The summed E-state index contributed by atoms with van der Waals surface area (Å²) in [5, 5.41) is 39.1. The summed E-state index contributed by atoms with van der Waals surface area (Å²) in [6.45, 7) is 2.21. The lowest BCUT2D eigenvalue weighted by molar-refractivity contribution is -0.138. The zero-order chi connectivity index (χ0) is 60.2. The van der Waals surface area contributed by atoms with Crippen LogP contribution in [0.25, 0.3) is 11.1 Å². The van der Waals surface area contributed by atoms with Gasteiger partial charge < -0.3 is 25.7 Å². The molecule has 0 radical (unpaired) electrons. The van der Waals surface area contributed by atoms with Crippen LogP contribution in [0.1, 0.15) is 121 Å². The molecule has 0 heterocycles. The number of nitrogens with one attached hydrogen (secondary N) is 1. The van der Waals surface area contributed by atoms with E-state index in [4.69, 9.17) is 24.4 Å². The van der Waals surface area contributed by atoms with Gasteiger partial charge in [0, 0.05) is 0 Å². The highest BCUT2D eigenvalue weighted by Crippen LogP contribution is 2.42. The minimum absolute atomic E-state index is 0.00500. The third kappa shape index (κ3) is 22.1. The van der Waals surface area contributed by atoms with Crippen LogP contribution in [0.15, 0.2) is 198 Å². The summed E-state index contributed by atoms with van der Waals surface area (Å²) in [7, 11) is -11.6. The van der Waals surface area contributed by atoms with Crippen LogP contribution in [0.4, 0.5) is 11.4 Å². The van der Waals surface area contributed by atoms with Gasteiger partial charge in [-0.1, -0.05) is 204 Å². The lowest BCUT2D eigenvalue weighted by Crippen LogP contribution is -2.32. The number of aromatic carboxylic acids is 2. The molecule has 0 fully saturated rings. The van der Waals surface area contributed by atoms with Crippen molar-refractivity contribution in [1.29, 1.82) is 0 Å². The van der Waals surface area contributed by atoms with Crippen LogP contribution in [0.2, 0.25) is 0 Å². The molecule has 0 aliphatic rings. The zero-order valence-corrected chi connectivity index (χ0v) is 47.7. The molecule has 0 bridgehead atoms. The molecule has 7 N–H and O–H groups in total. The molecule has 0 saturated heterocycles. The van der Waals surface area contributed by atoms with Gasteiger partial charge in [0.15, 0.2) is 9.84 Å². The van der Waals surface area contributed by atoms with Crippen LogP contribution in [0.5, 0.6) is 0 Å². The number of sulfone groups is 1. The smallest absolute Gasteiger partial charge is 0.337 e. The fourth-order valence-corrected chi connectivity index (χ4v) is 11.0. The number of carbonyl (C=O) groups is 4. The van der Waals surface area contributed by atoms with E-state index in [1.165, 1.54) is 106 Å². The molecule has 7 rings (SSSR count). The molecule has 20 heteroatoms. The van der Waals surface area contributed by atoms with Crippen molar-refractivity contribution in [2.75, 3.05) is 16.8 Å². The molecule has 0 aliphatic carbocycles. The monoisotopic (exact) mass is 1180 g/mol. The lowest BCUT2D eigenvalue weighted by Gasteiger charge is -2.34. The van der Waals surface area contributed by atoms with Gasteiger partial charge in [-0.2, -0.15) is 16.8 Å². The first-order valence-electron chi connectivity index (χ1n) is 26.4. The molecular weight excluding hydrogens is 1110 g/mol. The van der Waals surface area contributed by atoms with Crippen molar-refractivity contribution in [2.24, 2.45) is 0 Å². The number of carboxylic acids is 4. The van der Waals surface area contributed by atoms with E-state index in [9.17, 15) is 49.5 Å². The van der Waals surface area contributed by atoms with E-state index < -0.39 is 59.4 Å². The lowest BCUT2D eigenvalue weighted by atomic mass is 9.67. The Bertz CT molecular complexity index is 3250. The van der Waals surface area contributed by atoms with Crippen molar-refractivity contribution in [3.63, 3.8) is 0 Å². The van der Waals surface area contributed by atoms with E-state index in [0.29, 0.717) is 28.9 Å². The Morgan fingerprint density at radius 3 is 1.05 bits per heavy atom. The summed E-state index contributed by atoms with van der Waals surface area (Å²) in [5.74, 6) is -4.10. The van der Waals surface area contributed by atoms with E-state index in [0.717, 1.165) is 29.5 Å². The molecule has 0 saturated carbocycles. The van der Waals surface area contributed by atoms with Gasteiger partial charge in [0.25, 0.3) is 20.2 Å². The van der Waals surface area contributed by atoms with Crippen molar-refractivity contribution < 1.29 is 74.0 Å². The molecule has 0 amide bonds. The number of benzene rings is 7. The maximum atomic E-state index is 11.7. The largest absolute Gasteiger partial charge is 0.481 e. The predicted molar refractivity (Wildman–Crippen MR) is 316 cm³/mol. The average molecular weight is 1180 g/mol. The number of hydrogen-bond acceptors (Lipinski definition) is 11. The Labute approximate surface area is 479 Å². The number of para-hydroxylation sites is 2. The number of hydrogen-bond donors (Lipinski definition) is 7. The van der Waals surface area contributed by atoms with Gasteiger partial charge in [-0.05, 0) is 82.8 Å². The second-order valence-electron chi connectivity index (χ2n) is 18.9. The van der Waals surface area contributed by atoms with E-state index in [-0.39, 0.29) is 45.3 Å². The van der Waals surface area contributed by atoms with Gasteiger partial charge >= 0.3 is 23.9 Å². The number of unbranched alkanes of at least 4 members (excludes halogenated alkanes) is 9. The first-order chi connectivity index (χ1) is 39.0. The van der Waals surface area contributed by atoms with Crippen molar-refractivity contribution in [2.45, 2.75) is 99.2 Å². The highest BCUT2D eigenvalue weighted by Gasteiger charge is 2.38. The van der Waals surface area contributed by atoms with Gasteiger partial charge in [0.2, 0.25) is 0 Å². The van der Waals surface area contributed by atoms with Crippen LogP contribution < -0.4 is 5.32 Å². The summed E-state index contributed by atoms with van der Waals surface area (Å²) in [5.41, 5.74) is 4.41. The van der Waals surface area contributed by atoms with Gasteiger partial charge in [0.05, 0.1) is 62.1 Å². The fraction of sp³-hybridized carbons (Fsp3) is 0.258. The first kappa shape index (κ1) is 66.5. The van der Waals surface area contributed by atoms with Crippen LogP contribution in [-0.2, 0) is 45.1 Å². The Morgan fingerprint density at radius 2 is 0.732 bits per heavy atom. The maximum absolute atomic E-state index is 11.7. The van der Waals surface area contributed by atoms with Crippen LogP contribution in [0.3, 0.4) is 0 Å². The second kappa shape index (κ2) is 33.0. The van der Waals surface area contributed by atoms with E-state index in [1.54, 1.807) is 36.4 Å². The standard InChI is InChI=1S/C21H18O2.C15H30O4S.C14H11NO4.C12H10O6S2/c22-20(23)16-21(17-10-4-1-5-11-17,18-12-6-2-7-13-18)19-14-8-3-9-15-19;1-2-3-4-5-6-7-8-9-10-11-13-20(18,19)14-12-15(16)17;16-13(17)9-5-1-3-7-11(9)15-12-8-4-2-6-10(12)14(18)19;13-19(14,15)11-5-1-9(2-6-11)10-3-7-12(8-4-10)20(16,17)18/h1-15H,16H2,(H,22,23);2-14H2,1H3,(H,16,17);1-8,15H,(H,16,17)(H,18,19);1-8H,(H,13,14,15)(H,16,17,18). The molecule has 17 nitrogen and oxygen atoms in total. The number of aliphatic carboxylic acids is 2. The fourth-order valence-electron chi connectivity index (χ4n) is 8.70. The minimum atomic E-state index is -4.24. The third-order valence-corrected chi connectivity index (χ3v) is 16.3. The first-order valence-corrected chi connectivity index (χ1v) is 31.1. The third-order valence-electron chi connectivity index (χ3n) is 12.9. The number of rotatable bonds is 26. The Hall–Kier alpha value is -8.01. The summed E-state index contributed by atoms with van der Waals surface area (Å²) in [4.78, 5) is 43.8. The highest BCUT2D eigenvalue weighted by atomic mass is 32.2. The normalized spacial score (nSPS) is 11.3. The maximum Gasteiger partial charge on any atom is 0.337 e. The van der Waals surface area contributed by atoms with Crippen LogP contribution >= 0.6 is 0 Å². The quantitative estimate of drug-likeness (QED) is 0.0151. The Balaban J connectivity index is 0.000000236. The topological polar surface area (TPSA) is 304 Å². The summed E-state index contributed by atoms with van der Waals surface area (Å²) in [6.07, 6.45) is 11.4. The van der Waals surface area contributed by atoms with Crippen molar-refractivity contribution in [3.05, 3.63) is 216 Å². The predicted octanol–water partition coefficient (Wildman–Crippen LogP) is 13.0. The molecular formula is C62H69NO16S3. The Kier molecular flexibility index (Phi) is 26.8. The van der Waals surface area contributed by atoms with Gasteiger partial charge in [-0.25, -0.2) is 18.0 Å². The van der Waals surface area contributed by atoms with Gasteiger partial charge in [0.1, 0.15) is 0 Å². The molecule has 0 aromatic heterocycles. The van der Waals surface area contributed by atoms with Gasteiger partial charge in [-0.3, -0.25) is 18.7 Å². The summed E-state index contributed by atoms with van der Waals surface area (Å²) >= 11 is 0. The molecule has 7 aromatic carbocycles. The molecule has 82 heavy (non-hydrogen) atoms. The number of carboxylic acid groups (broad SMARTS) is 4. The van der Waals surface area contributed by atoms with Crippen LogP contribution in [-0.4, -0.2) is 90.2 Å². The molecule has 0 atom stereocenters. The van der Waals surface area contributed by atoms with E-state index in [1.807, 2.05) is 91.0 Å². The van der Waals surface area contributed by atoms with E-state index in [2.05, 4.69) is 12.2 Å². The molecule has 7 aromatic rings. The molecule has 0 spiro atoms. The second-order valence-corrected chi connectivity index (χ2v) is 24.0. The van der Waals surface area contributed by atoms with E-state index >= 15 is 0 Å². The zero-order valence-electron chi connectivity index (χ0n) is 45.3. The summed E-state index contributed by atoms with van der Waals surface area (Å²) < 4.78 is 84.3. The van der Waals surface area contributed by atoms with Gasteiger partial charge in [-0.15, -0.1) is 0 Å². The van der Waals surface area contributed by atoms with Crippen LogP contribution in [0, 0.1) is 0 Å². The van der Waals surface area contributed by atoms with Crippen molar-refractivity contribution in [1.82, 2.24) is 0 Å². The Morgan fingerprint density at radius 1 is 0.402 bits per heavy atom. The molecule has 0 aliphatic heterocycles. The summed E-state index contributed by atoms with van der Waals surface area (Å²) in [6, 6.07) is 53.1. The highest BCUT2D eigenvalue weighted by molar-refractivity contribution is 7.91. The minimum Gasteiger partial charge on any atom is -0.481 e. The number of anilines is 2. The SMILES string of the molecule is CCCCCCCCCCCCS(=O)(=O)CCC(=O)O.O=C(O)CC(c1ccccc1)(c1ccccc1)c1ccccc1.O=C(O)c1ccccc1Nc1ccccc1C(=O)O.O=S(=O)(O)c1ccc(-c2ccc(S(=O)(=O)O)cc2)cc1. The van der Waals surface area contributed by atoms with Crippen molar-refractivity contribution >= 4 is 65.3 Å². The molecule has 0 unspecified atom stereocenters. The molecule has 436 valence electrons. The van der Waals surface area contributed by atoms with Crippen molar-refractivity contribution in [3.8, 4) is 11.1 Å².